The van der Waals surface area contributed by atoms with Gasteiger partial charge in [0, 0.05) is 71.4 Å². The molecule has 1 fully saturated rings. The van der Waals surface area contributed by atoms with Crippen molar-refractivity contribution in [2.24, 2.45) is 10.9 Å². The summed E-state index contributed by atoms with van der Waals surface area (Å²) < 4.78 is 22.0. The van der Waals surface area contributed by atoms with Gasteiger partial charge in [-0.1, -0.05) is 6.07 Å². The summed E-state index contributed by atoms with van der Waals surface area (Å²) in [5.41, 5.74) is 0.949. The fourth-order valence-corrected chi connectivity index (χ4v) is 3.02. The topological polar surface area (TPSA) is 73.3 Å². The van der Waals surface area contributed by atoms with E-state index in [2.05, 4.69) is 22.5 Å². The van der Waals surface area contributed by atoms with Crippen LogP contribution >= 0.6 is 24.0 Å². The highest BCUT2D eigenvalue weighted by Gasteiger charge is 2.13. The Bertz CT molecular complexity index is 583. The maximum absolute atomic E-state index is 5.81. The van der Waals surface area contributed by atoms with Crippen LogP contribution in [0.3, 0.4) is 0 Å². The van der Waals surface area contributed by atoms with E-state index in [0.29, 0.717) is 19.1 Å². The Morgan fingerprint density at radius 3 is 2.77 bits per heavy atom. The largest absolute Gasteiger partial charge is 0.493 e. The van der Waals surface area contributed by atoms with Crippen molar-refractivity contribution >= 4 is 35.6 Å². The van der Waals surface area contributed by atoms with Crippen molar-refractivity contribution in [1.82, 2.24) is 5.32 Å². The third-order valence-corrected chi connectivity index (χ3v) is 4.61. The summed E-state index contributed by atoms with van der Waals surface area (Å²) in [4.78, 5) is 4.65. The number of guanidine groups is 1. The second kappa shape index (κ2) is 17.6. The van der Waals surface area contributed by atoms with Crippen LogP contribution in [0.5, 0.6) is 5.75 Å². The molecule has 2 rings (SSSR count). The Morgan fingerprint density at radius 1 is 1.17 bits per heavy atom. The van der Waals surface area contributed by atoms with E-state index in [9.17, 15) is 0 Å². The van der Waals surface area contributed by atoms with E-state index >= 15 is 0 Å². The van der Waals surface area contributed by atoms with E-state index in [1.165, 1.54) is 0 Å². The molecule has 0 radical (unpaired) electrons. The number of nitrogens with zero attached hydrogens (tertiary/aromatic N) is 1. The number of methoxy groups -OCH3 is 1. The first-order valence-electron chi connectivity index (χ1n) is 10.7. The fourth-order valence-electron chi connectivity index (χ4n) is 3.02. The van der Waals surface area contributed by atoms with Crippen molar-refractivity contribution in [2.45, 2.75) is 32.6 Å². The summed E-state index contributed by atoms with van der Waals surface area (Å²) in [5, 5.41) is 6.62. The van der Waals surface area contributed by atoms with E-state index in [1.807, 2.05) is 24.3 Å². The highest BCUT2D eigenvalue weighted by molar-refractivity contribution is 14.0. The van der Waals surface area contributed by atoms with Gasteiger partial charge in [0.2, 0.25) is 0 Å². The second-order valence-electron chi connectivity index (χ2n) is 7.09. The van der Waals surface area contributed by atoms with Crippen molar-refractivity contribution in [3.8, 4) is 5.75 Å². The van der Waals surface area contributed by atoms with Gasteiger partial charge >= 0.3 is 0 Å². The summed E-state index contributed by atoms with van der Waals surface area (Å²) in [5.74, 6) is 2.26. The summed E-state index contributed by atoms with van der Waals surface area (Å²) in [7, 11) is 1.70. The molecule has 1 aromatic rings. The number of hydrogen-bond donors (Lipinski definition) is 2. The number of benzene rings is 1. The zero-order chi connectivity index (χ0) is 20.6. The number of nitrogens with one attached hydrogen (secondary N) is 2. The Morgan fingerprint density at radius 2 is 2.00 bits per heavy atom. The molecule has 1 aromatic carbocycles. The third kappa shape index (κ3) is 11.9. The predicted molar refractivity (Wildman–Crippen MR) is 132 cm³/mol. The van der Waals surface area contributed by atoms with Gasteiger partial charge < -0.3 is 29.6 Å². The zero-order valence-electron chi connectivity index (χ0n) is 18.4. The van der Waals surface area contributed by atoms with Crippen molar-refractivity contribution in [3.05, 3.63) is 24.3 Å². The lowest BCUT2D eigenvalue weighted by Crippen LogP contribution is -2.30. The molecule has 1 aliphatic rings. The molecule has 7 nitrogen and oxygen atoms in total. The van der Waals surface area contributed by atoms with Gasteiger partial charge in [-0.2, -0.15) is 0 Å². The monoisotopic (exact) mass is 535 g/mol. The minimum absolute atomic E-state index is 0. The molecule has 0 aliphatic carbocycles. The molecule has 8 heteroatoms. The Labute approximate surface area is 198 Å². The zero-order valence-corrected chi connectivity index (χ0v) is 20.7. The van der Waals surface area contributed by atoms with E-state index in [1.54, 1.807) is 7.11 Å². The van der Waals surface area contributed by atoms with Crippen molar-refractivity contribution in [3.63, 3.8) is 0 Å². The van der Waals surface area contributed by atoms with E-state index in [4.69, 9.17) is 18.9 Å². The van der Waals surface area contributed by atoms with Crippen LogP contribution in [0, 0.1) is 5.92 Å². The summed E-state index contributed by atoms with van der Waals surface area (Å²) >= 11 is 0. The van der Waals surface area contributed by atoms with E-state index < -0.39 is 0 Å². The number of anilines is 1. The molecule has 1 aliphatic heterocycles. The SMILES string of the molecule is CCNC(=NCCCOCC1CCOCC1)Nc1cccc(OCCCOC)c1.I. The highest BCUT2D eigenvalue weighted by Crippen LogP contribution is 2.17. The maximum atomic E-state index is 5.81. The predicted octanol–water partition coefficient (Wildman–Crippen LogP) is 3.93. The van der Waals surface area contributed by atoms with Crippen LogP contribution in [0.1, 0.15) is 32.6 Å². The van der Waals surface area contributed by atoms with Gasteiger partial charge in [-0.15, -0.1) is 24.0 Å². The van der Waals surface area contributed by atoms with Crippen LogP contribution in [0.15, 0.2) is 29.3 Å². The Kier molecular flexibility index (Phi) is 15.8. The molecule has 30 heavy (non-hydrogen) atoms. The smallest absolute Gasteiger partial charge is 0.195 e. The van der Waals surface area contributed by atoms with Crippen molar-refractivity contribution in [1.29, 1.82) is 0 Å². The number of aliphatic imine (C=N–C) groups is 1. The van der Waals surface area contributed by atoms with Gasteiger partial charge in [0.1, 0.15) is 5.75 Å². The van der Waals surface area contributed by atoms with Gasteiger partial charge in [0.05, 0.1) is 6.61 Å². The maximum Gasteiger partial charge on any atom is 0.195 e. The van der Waals surface area contributed by atoms with Crippen LogP contribution in [-0.4, -0.2) is 65.8 Å². The lowest BCUT2D eigenvalue weighted by atomic mass is 10.0. The average molecular weight is 535 g/mol. The van der Waals surface area contributed by atoms with Gasteiger partial charge in [-0.25, -0.2) is 0 Å². The van der Waals surface area contributed by atoms with Crippen molar-refractivity contribution in [2.75, 3.05) is 65.2 Å². The Hall–Kier alpha value is -1.10. The average Bonchev–Trinajstić information content (AvgIpc) is 2.75. The molecule has 0 unspecified atom stereocenters. The molecular formula is C22H38IN3O4. The summed E-state index contributed by atoms with van der Waals surface area (Å²) in [6.45, 7) is 8.24. The third-order valence-electron chi connectivity index (χ3n) is 4.61. The van der Waals surface area contributed by atoms with Crippen LogP contribution < -0.4 is 15.4 Å². The minimum Gasteiger partial charge on any atom is -0.493 e. The molecule has 0 bridgehead atoms. The normalized spacial score (nSPS) is 14.8. The molecular weight excluding hydrogens is 497 g/mol. The quantitative estimate of drug-likeness (QED) is 0.173. The molecule has 0 amide bonds. The number of halogens is 1. The van der Waals surface area contributed by atoms with Crippen LogP contribution in [0.25, 0.3) is 0 Å². The number of rotatable bonds is 13. The Balaban J connectivity index is 0.00000450. The first-order valence-corrected chi connectivity index (χ1v) is 10.7. The highest BCUT2D eigenvalue weighted by atomic mass is 127. The fraction of sp³-hybridized carbons (Fsp3) is 0.682. The standard InChI is InChI=1S/C22H37N3O4.HI/c1-3-23-22(24-11-5-13-28-18-19-9-15-27-16-10-19)25-20-7-4-8-21(17-20)29-14-6-12-26-2;/h4,7-8,17,19H,3,5-6,9-16,18H2,1-2H3,(H2,23,24,25);1H. The molecule has 2 N–H and O–H groups in total. The van der Waals surface area contributed by atoms with Crippen LogP contribution in [0.2, 0.25) is 0 Å². The number of hydrogen-bond acceptors (Lipinski definition) is 5. The summed E-state index contributed by atoms with van der Waals surface area (Å²) in [6.07, 6.45) is 4.00. The molecule has 172 valence electrons. The molecule has 0 atom stereocenters. The van der Waals surface area contributed by atoms with Gasteiger partial charge in [0.15, 0.2) is 5.96 Å². The van der Waals surface area contributed by atoms with Gasteiger partial charge in [-0.05, 0) is 44.2 Å². The first kappa shape index (κ1) is 26.9. The van der Waals surface area contributed by atoms with Crippen molar-refractivity contribution < 1.29 is 18.9 Å². The van der Waals surface area contributed by atoms with E-state index in [0.717, 1.165) is 82.6 Å². The minimum atomic E-state index is 0. The lowest BCUT2D eigenvalue weighted by Gasteiger charge is -2.21. The molecule has 0 spiro atoms. The van der Waals surface area contributed by atoms with Crippen LogP contribution in [0.4, 0.5) is 5.69 Å². The molecule has 1 heterocycles. The summed E-state index contributed by atoms with van der Waals surface area (Å²) in [6, 6.07) is 7.92. The molecule has 1 saturated heterocycles. The van der Waals surface area contributed by atoms with Gasteiger partial charge in [-0.3, -0.25) is 4.99 Å². The lowest BCUT2D eigenvalue weighted by molar-refractivity contribution is 0.0205. The second-order valence-corrected chi connectivity index (χ2v) is 7.09. The first-order chi connectivity index (χ1) is 14.3. The number of ether oxygens (including phenoxy) is 4. The molecule has 0 saturated carbocycles. The molecule has 0 aromatic heterocycles. The van der Waals surface area contributed by atoms with Gasteiger partial charge in [0.25, 0.3) is 0 Å². The van der Waals surface area contributed by atoms with Crippen LogP contribution in [-0.2, 0) is 14.2 Å². The van der Waals surface area contributed by atoms with E-state index in [-0.39, 0.29) is 24.0 Å².